The molecule has 1 atom stereocenters. The minimum Gasteiger partial charge on any atom is -0.361 e. The van der Waals surface area contributed by atoms with Crippen LogP contribution in [0, 0.1) is 0 Å². The molecular weight excluding hydrogens is 326 g/mol. The molecule has 0 spiro atoms. The molecule has 0 saturated carbocycles. The Hall–Kier alpha value is -2.63. The van der Waals surface area contributed by atoms with Crippen LogP contribution in [0.3, 0.4) is 0 Å². The van der Waals surface area contributed by atoms with Crippen LogP contribution in [-0.4, -0.2) is 37.1 Å². The highest BCUT2D eigenvalue weighted by Gasteiger charge is 2.35. The average molecular weight is 349 g/mol. The predicted octanol–water partition coefficient (Wildman–Crippen LogP) is 3.46. The normalized spacial score (nSPS) is 20.3. The van der Waals surface area contributed by atoms with Gasteiger partial charge in [0.2, 0.25) is 0 Å². The van der Waals surface area contributed by atoms with Crippen LogP contribution in [0.2, 0.25) is 0 Å². The lowest BCUT2D eigenvalue weighted by atomic mass is 10.1. The Balaban J connectivity index is 1.51. The molecule has 26 heavy (non-hydrogen) atoms. The summed E-state index contributed by atoms with van der Waals surface area (Å²) in [5.74, 6) is 2.17. The average Bonchev–Trinajstić information content (AvgIpc) is 3.37. The van der Waals surface area contributed by atoms with Crippen molar-refractivity contribution in [1.29, 1.82) is 0 Å². The van der Waals surface area contributed by atoms with Crippen molar-refractivity contribution < 1.29 is 4.79 Å². The van der Waals surface area contributed by atoms with E-state index in [4.69, 9.17) is 0 Å². The van der Waals surface area contributed by atoms with Crippen LogP contribution in [0.15, 0.2) is 30.5 Å². The number of hydrogen-bond acceptors (Lipinski definition) is 3. The zero-order valence-electron chi connectivity index (χ0n) is 14.8. The van der Waals surface area contributed by atoms with E-state index >= 15 is 0 Å². The van der Waals surface area contributed by atoms with E-state index in [0.29, 0.717) is 0 Å². The molecule has 134 valence electrons. The number of carbonyl (C=O) groups excluding carboxylic acids is 1. The number of H-pyrrole nitrogens is 1. The highest BCUT2D eigenvalue weighted by atomic mass is 16.2. The minimum atomic E-state index is 0.0380. The number of fused-ring (bicyclic) bond motifs is 2. The lowest BCUT2D eigenvalue weighted by molar-refractivity contribution is 0.0729. The van der Waals surface area contributed by atoms with Crippen LogP contribution in [0.1, 0.15) is 60.2 Å². The maximum Gasteiger partial charge on any atom is 0.255 e. The van der Waals surface area contributed by atoms with Gasteiger partial charge >= 0.3 is 0 Å². The van der Waals surface area contributed by atoms with Gasteiger partial charge in [-0.2, -0.15) is 0 Å². The molecule has 0 bridgehead atoms. The smallest absolute Gasteiger partial charge is 0.255 e. The second-order valence-corrected chi connectivity index (χ2v) is 7.34. The number of hydrogen-bond donors (Lipinski definition) is 1. The van der Waals surface area contributed by atoms with Crippen molar-refractivity contribution >= 4 is 16.8 Å². The van der Waals surface area contributed by atoms with Gasteiger partial charge in [-0.3, -0.25) is 4.79 Å². The molecule has 0 aliphatic carbocycles. The van der Waals surface area contributed by atoms with Crippen molar-refractivity contribution in [2.24, 2.45) is 0 Å². The van der Waals surface area contributed by atoms with Gasteiger partial charge in [-0.25, -0.2) is 0 Å². The Labute approximate surface area is 152 Å². The number of likely N-dealkylation sites (tertiary alicyclic amines) is 1. The summed E-state index contributed by atoms with van der Waals surface area (Å²) in [4.78, 5) is 18.6. The van der Waals surface area contributed by atoms with Gasteiger partial charge in [0.05, 0.1) is 6.04 Å². The minimum absolute atomic E-state index is 0.0380. The van der Waals surface area contributed by atoms with E-state index in [9.17, 15) is 4.79 Å². The standard InChI is InChI=1S/C20H23N5O/c26-20(15-6-4-7-16-14(15)10-11-21-16)24-13-5-8-17(24)19-23-22-18-9-2-1-3-12-25(18)19/h4,6-7,10-11,17,21H,1-3,5,8-9,12-13H2/t17-/m1/s1. The summed E-state index contributed by atoms with van der Waals surface area (Å²) in [6.45, 7) is 1.76. The molecule has 2 aliphatic heterocycles. The van der Waals surface area contributed by atoms with Crippen molar-refractivity contribution in [1.82, 2.24) is 24.6 Å². The number of benzene rings is 1. The van der Waals surface area contributed by atoms with Crippen LogP contribution in [0.4, 0.5) is 0 Å². The predicted molar refractivity (Wildman–Crippen MR) is 98.9 cm³/mol. The van der Waals surface area contributed by atoms with Crippen molar-refractivity contribution in [2.45, 2.75) is 51.1 Å². The second-order valence-electron chi connectivity index (χ2n) is 7.34. The Bertz CT molecular complexity index is 956. The first-order valence-corrected chi connectivity index (χ1v) is 9.62. The molecule has 6 heteroatoms. The summed E-state index contributed by atoms with van der Waals surface area (Å²) in [7, 11) is 0. The molecule has 0 radical (unpaired) electrons. The van der Waals surface area contributed by atoms with E-state index in [1.54, 1.807) is 0 Å². The van der Waals surface area contributed by atoms with Crippen LogP contribution >= 0.6 is 0 Å². The maximum atomic E-state index is 13.4. The summed E-state index contributed by atoms with van der Waals surface area (Å²) >= 11 is 0. The molecule has 1 aromatic carbocycles. The Morgan fingerprint density at radius 1 is 1.08 bits per heavy atom. The van der Waals surface area contributed by atoms with Gasteiger partial charge < -0.3 is 14.5 Å². The number of carbonyl (C=O) groups is 1. The fourth-order valence-corrected chi connectivity index (χ4v) is 4.46. The van der Waals surface area contributed by atoms with E-state index in [-0.39, 0.29) is 11.9 Å². The Morgan fingerprint density at radius 2 is 2.04 bits per heavy atom. The SMILES string of the molecule is O=C(c1cccc2[nH]ccc12)N1CCC[C@@H]1c1nnc2n1CCCCC2. The first kappa shape index (κ1) is 15.6. The summed E-state index contributed by atoms with van der Waals surface area (Å²) in [6, 6.07) is 7.90. The van der Waals surface area contributed by atoms with Gasteiger partial charge in [0, 0.05) is 42.2 Å². The fourth-order valence-electron chi connectivity index (χ4n) is 4.46. The lowest BCUT2D eigenvalue weighted by Gasteiger charge is -2.25. The topological polar surface area (TPSA) is 66.8 Å². The summed E-state index contributed by atoms with van der Waals surface area (Å²) in [5, 5.41) is 9.94. The van der Waals surface area contributed by atoms with E-state index in [1.165, 1.54) is 19.3 Å². The third kappa shape index (κ3) is 2.43. The molecule has 5 rings (SSSR count). The van der Waals surface area contributed by atoms with Crippen molar-refractivity contribution in [3.05, 3.63) is 47.7 Å². The first-order valence-electron chi connectivity index (χ1n) is 9.62. The van der Waals surface area contributed by atoms with Crippen molar-refractivity contribution in [3.63, 3.8) is 0 Å². The molecular formula is C20H23N5O. The van der Waals surface area contributed by atoms with Gasteiger partial charge in [0.25, 0.3) is 5.91 Å². The third-order valence-electron chi connectivity index (χ3n) is 5.78. The van der Waals surface area contributed by atoms with Crippen molar-refractivity contribution in [2.75, 3.05) is 6.54 Å². The Kier molecular flexibility index (Phi) is 3.76. The molecule has 1 N–H and O–H groups in total. The van der Waals surface area contributed by atoms with Gasteiger partial charge in [-0.05, 0) is 43.9 Å². The van der Waals surface area contributed by atoms with E-state index in [2.05, 4.69) is 19.7 Å². The van der Waals surface area contributed by atoms with E-state index in [0.717, 1.165) is 60.5 Å². The van der Waals surface area contributed by atoms with E-state index in [1.807, 2.05) is 35.4 Å². The number of rotatable bonds is 2. The molecule has 1 saturated heterocycles. The van der Waals surface area contributed by atoms with Crippen LogP contribution in [0.25, 0.3) is 10.9 Å². The number of aromatic nitrogens is 4. The quantitative estimate of drug-likeness (QED) is 0.770. The summed E-state index contributed by atoms with van der Waals surface area (Å²) in [5.41, 5.74) is 1.77. The van der Waals surface area contributed by atoms with Crippen LogP contribution in [0.5, 0.6) is 0 Å². The van der Waals surface area contributed by atoms with Crippen molar-refractivity contribution in [3.8, 4) is 0 Å². The molecule has 6 nitrogen and oxygen atoms in total. The molecule has 3 aromatic rings. The number of nitrogens with zero attached hydrogens (tertiary/aromatic N) is 4. The van der Waals surface area contributed by atoms with Gasteiger partial charge in [-0.15, -0.1) is 10.2 Å². The highest BCUT2D eigenvalue weighted by molar-refractivity contribution is 6.06. The van der Waals surface area contributed by atoms with Crippen LogP contribution < -0.4 is 0 Å². The zero-order chi connectivity index (χ0) is 17.5. The molecule has 2 aliphatic rings. The molecule has 4 heterocycles. The molecule has 0 unspecified atom stereocenters. The molecule has 1 amide bonds. The third-order valence-corrected chi connectivity index (χ3v) is 5.78. The van der Waals surface area contributed by atoms with Gasteiger partial charge in [0.15, 0.2) is 5.82 Å². The first-order chi connectivity index (χ1) is 12.8. The Morgan fingerprint density at radius 3 is 3.00 bits per heavy atom. The largest absolute Gasteiger partial charge is 0.361 e. The summed E-state index contributed by atoms with van der Waals surface area (Å²) in [6.07, 6.45) is 8.46. The molecule has 1 fully saturated rings. The zero-order valence-corrected chi connectivity index (χ0v) is 14.8. The monoisotopic (exact) mass is 349 g/mol. The molecule has 2 aromatic heterocycles. The highest BCUT2D eigenvalue weighted by Crippen LogP contribution is 2.34. The number of amides is 1. The lowest BCUT2D eigenvalue weighted by Crippen LogP contribution is -2.32. The van der Waals surface area contributed by atoms with E-state index < -0.39 is 0 Å². The number of nitrogens with one attached hydrogen (secondary N) is 1. The van der Waals surface area contributed by atoms with Crippen LogP contribution in [-0.2, 0) is 13.0 Å². The fraction of sp³-hybridized carbons (Fsp3) is 0.450. The maximum absolute atomic E-state index is 13.4. The number of aryl methyl sites for hydroxylation is 1. The second kappa shape index (κ2) is 6.27. The van der Waals surface area contributed by atoms with Gasteiger partial charge in [0.1, 0.15) is 5.82 Å². The summed E-state index contributed by atoms with van der Waals surface area (Å²) < 4.78 is 2.28. The number of aromatic amines is 1. The van der Waals surface area contributed by atoms with Gasteiger partial charge in [-0.1, -0.05) is 12.5 Å².